The zero-order valence-electron chi connectivity index (χ0n) is 10.8. The maximum absolute atomic E-state index is 12.6. The van der Waals surface area contributed by atoms with Gasteiger partial charge in [0.25, 0.3) is 5.91 Å². The van der Waals surface area contributed by atoms with Crippen molar-refractivity contribution in [3.63, 3.8) is 0 Å². The summed E-state index contributed by atoms with van der Waals surface area (Å²) in [5.41, 5.74) is 1.25. The molecule has 0 saturated carbocycles. The molecule has 1 heterocycles. The van der Waals surface area contributed by atoms with E-state index in [1.165, 1.54) is 10.8 Å². The second-order valence-electron chi connectivity index (χ2n) is 4.55. The van der Waals surface area contributed by atoms with E-state index in [2.05, 4.69) is 22.6 Å². The molecule has 0 fully saturated rings. The maximum Gasteiger partial charge on any atom is 0.337 e. The summed E-state index contributed by atoms with van der Waals surface area (Å²) >= 11 is 2.17. The molecular weight excluding hydrogens is 381 g/mol. The Kier molecular flexibility index (Phi) is 3.50. The van der Waals surface area contributed by atoms with Crippen molar-refractivity contribution in [2.24, 2.45) is 0 Å². The molecule has 21 heavy (non-hydrogen) atoms. The van der Waals surface area contributed by atoms with Gasteiger partial charge in [-0.25, -0.2) is 4.79 Å². The quantitative estimate of drug-likeness (QED) is 0.679. The number of nitrogens with zero attached hydrogens (tertiary/aromatic N) is 1. The van der Waals surface area contributed by atoms with Gasteiger partial charge in [0.2, 0.25) is 0 Å². The van der Waals surface area contributed by atoms with Crippen LogP contribution in [-0.4, -0.2) is 21.6 Å². The Bertz CT molecular complexity index is 850. The molecule has 104 valence electrons. The predicted octanol–water partition coefficient (Wildman–Crippen LogP) is 3.63. The van der Waals surface area contributed by atoms with Crippen LogP contribution in [0.15, 0.2) is 54.7 Å². The number of aromatic nitrogens is 1. The van der Waals surface area contributed by atoms with E-state index in [1.54, 1.807) is 36.4 Å². The lowest BCUT2D eigenvalue weighted by atomic mass is 10.2. The van der Waals surface area contributed by atoms with Crippen LogP contribution < -0.4 is 0 Å². The van der Waals surface area contributed by atoms with Crippen molar-refractivity contribution in [2.75, 3.05) is 0 Å². The number of hydrogen-bond donors (Lipinski definition) is 1. The lowest BCUT2D eigenvalue weighted by Gasteiger charge is -2.04. The Balaban J connectivity index is 2.18. The molecule has 0 aliphatic heterocycles. The van der Waals surface area contributed by atoms with Crippen molar-refractivity contribution in [1.29, 1.82) is 0 Å². The third-order valence-corrected chi connectivity index (χ3v) is 3.97. The highest BCUT2D eigenvalue weighted by molar-refractivity contribution is 14.1. The highest BCUT2D eigenvalue weighted by Gasteiger charge is 2.18. The number of carbonyl (C=O) groups excluding carboxylic acids is 1. The van der Waals surface area contributed by atoms with Crippen molar-refractivity contribution >= 4 is 45.4 Å². The normalized spacial score (nSPS) is 10.7. The molecule has 1 aromatic heterocycles. The van der Waals surface area contributed by atoms with Gasteiger partial charge in [-0.3, -0.25) is 9.36 Å². The number of halogens is 1. The molecule has 4 nitrogen and oxygen atoms in total. The summed E-state index contributed by atoms with van der Waals surface area (Å²) in [5.74, 6) is -1.28. The van der Waals surface area contributed by atoms with Crippen LogP contribution in [0.3, 0.4) is 0 Å². The van der Waals surface area contributed by atoms with Gasteiger partial charge in [-0.05, 0) is 52.9 Å². The first-order chi connectivity index (χ1) is 10.1. The summed E-state index contributed by atoms with van der Waals surface area (Å²) in [4.78, 5) is 23.9. The average molecular weight is 391 g/mol. The van der Waals surface area contributed by atoms with E-state index in [-0.39, 0.29) is 11.5 Å². The number of benzene rings is 2. The topological polar surface area (TPSA) is 59.3 Å². The molecule has 2 aromatic carbocycles. The highest BCUT2D eigenvalue weighted by Crippen LogP contribution is 2.22. The molecule has 5 heteroatoms. The van der Waals surface area contributed by atoms with Crippen LogP contribution in [0.25, 0.3) is 10.9 Å². The van der Waals surface area contributed by atoms with Crippen LogP contribution in [0.4, 0.5) is 0 Å². The smallest absolute Gasteiger partial charge is 0.337 e. The summed E-state index contributed by atoms with van der Waals surface area (Å²) in [6.45, 7) is 0. The monoisotopic (exact) mass is 391 g/mol. The SMILES string of the molecule is O=C(O)c1cn(C(=O)c2ccc(I)cc2)c2ccccc12. The van der Waals surface area contributed by atoms with Gasteiger partial charge in [-0.2, -0.15) is 0 Å². The molecule has 0 amide bonds. The number of carboxylic acid groups (broad SMARTS) is 1. The van der Waals surface area contributed by atoms with E-state index in [4.69, 9.17) is 0 Å². The lowest BCUT2D eigenvalue weighted by Crippen LogP contribution is -2.10. The molecule has 3 rings (SSSR count). The molecular formula is C16H10INO3. The summed E-state index contributed by atoms with van der Waals surface area (Å²) in [6, 6.07) is 14.1. The van der Waals surface area contributed by atoms with Gasteiger partial charge in [-0.1, -0.05) is 18.2 Å². The Morgan fingerprint density at radius 3 is 2.33 bits per heavy atom. The average Bonchev–Trinajstić information content (AvgIpc) is 2.87. The van der Waals surface area contributed by atoms with Crippen LogP contribution in [-0.2, 0) is 0 Å². The minimum absolute atomic E-state index is 0.129. The second kappa shape index (κ2) is 5.33. The van der Waals surface area contributed by atoms with Gasteiger partial charge in [0.15, 0.2) is 0 Å². The number of para-hydroxylation sites is 1. The molecule has 0 aliphatic carbocycles. The van der Waals surface area contributed by atoms with Gasteiger partial charge in [0.05, 0.1) is 11.1 Å². The first-order valence-electron chi connectivity index (χ1n) is 6.21. The molecule has 0 bridgehead atoms. The Hall–Kier alpha value is -2.15. The van der Waals surface area contributed by atoms with Crippen LogP contribution in [0.1, 0.15) is 20.7 Å². The summed E-state index contributed by atoms with van der Waals surface area (Å²) in [5, 5.41) is 9.82. The molecule has 3 aromatic rings. The molecule has 0 atom stereocenters. The van der Waals surface area contributed by atoms with Gasteiger partial charge in [-0.15, -0.1) is 0 Å². The summed E-state index contributed by atoms with van der Waals surface area (Å²) in [7, 11) is 0. The van der Waals surface area contributed by atoms with Crippen LogP contribution in [0.5, 0.6) is 0 Å². The minimum atomic E-state index is -1.04. The third kappa shape index (κ3) is 2.44. The van der Waals surface area contributed by atoms with Gasteiger partial charge >= 0.3 is 5.97 Å². The van der Waals surface area contributed by atoms with Gasteiger partial charge in [0, 0.05) is 20.7 Å². The van der Waals surface area contributed by atoms with E-state index in [1.807, 2.05) is 12.1 Å². The van der Waals surface area contributed by atoms with E-state index in [9.17, 15) is 14.7 Å². The van der Waals surface area contributed by atoms with Crippen molar-refractivity contribution < 1.29 is 14.7 Å². The second-order valence-corrected chi connectivity index (χ2v) is 5.79. The van der Waals surface area contributed by atoms with Crippen LogP contribution >= 0.6 is 22.6 Å². The Morgan fingerprint density at radius 2 is 1.67 bits per heavy atom. The summed E-state index contributed by atoms with van der Waals surface area (Å²) < 4.78 is 2.42. The molecule has 0 spiro atoms. The fourth-order valence-electron chi connectivity index (χ4n) is 2.25. The van der Waals surface area contributed by atoms with Crippen molar-refractivity contribution in [3.05, 3.63) is 69.4 Å². The van der Waals surface area contributed by atoms with Crippen LogP contribution in [0.2, 0.25) is 0 Å². The van der Waals surface area contributed by atoms with E-state index >= 15 is 0 Å². The maximum atomic E-state index is 12.6. The fourth-order valence-corrected chi connectivity index (χ4v) is 2.61. The van der Waals surface area contributed by atoms with Gasteiger partial charge < -0.3 is 5.11 Å². The number of carboxylic acids is 1. The number of carbonyl (C=O) groups is 2. The van der Waals surface area contributed by atoms with E-state index < -0.39 is 5.97 Å². The Labute approximate surface area is 134 Å². The predicted molar refractivity (Wildman–Crippen MR) is 87.8 cm³/mol. The highest BCUT2D eigenvalue weighted by atomic mass is 127. The fraction of sp³-hybridized carbons (Fsp3) is 0. The molecule has 0 saturated heterocycles. The molecule has 0 radical (unpaired) electrons. The zero-order valence-corrected chi connectivity index (χ0v) is 12.9. The molecule has 0 unspecified atom stereocenters. The number of aromatic carboxylic acids is 1. The van der Waals surface area contributed by atoms with Crippen molar-refractivity contribution in [3.8, 4) is 0 Å². The van der Waals surface area contributed by atoms with E-state index in [0.29, 0.717) is 16.5 Å². The zero-order chi connectivity index (χ0) is 15.0. The van der Waals surface area contributed by atoms with Crippen LogP contribution in [0, 0.1) is 3.57 Å². The molecule has 1 N–H and O–H groups in total. The van der Waals surface area contributed by atoms with Gasteiger partial charge in [0.1, 0.15) is 0 Å². The van der Waals surface area contributed by atoms with Crippen molar-refractivity contribution in [2.45, 2.75) is 0 Å². The largest absolute Gasteiger partial charge is 0.478 e. The number of fused-ring (bicyclic) bond motifs is 1. The summed E-state index contributed by atoms with van der Waals surface area (Å²) in [6.07, 6.45) is 1.38. The van der Waals surface area contributed by atoms with Crippen molar-refractivity contribution in [1.82, 2.24) is 4.57 Å². The lowest BCUT2D eigenvalue weighted by molar-refractivity contribution is 0.0699. The first kappa shape index (κ1) is 13.8. The Morgan fingerprint density at radius 1 is 1.00 bits per heavy atom. The van der Waals surface area contributed by atoms with E-state index in [0.717, 1.165) is 3.57 Å². The molecule has 0 aliphatic rings. The third-order valence-electron chi connectivity index (χ3n) is 3.25. The standard InChI is InChI=1S/C16H10INO3/c17-11-7-5-10(6-8-11)15(19)18-9-13(16(20)21)12-3-1-2-4-14(12)18/h1-9H,(H,20,21). The first-order valence-corrected chi connectivity index (χ1v) is 7.29. The number of hydrogen-bond acceptors (Lipinski definition) is 2. The minimum Gasteiger partial charge on any atom is -0.478 e. The number of rotatable bonds is 2.